The summed E-state index contributed by atoms with van der Waals surface area (Å²) in [5, 5.41) is 2.68. The monoisotopic (exact) mass is 312 g/mol. The van der Waals surface area contributed by atoms with Crippen molar-refractivity contribution in [3.8, 4) is 0 Å². The average Bonchev–Trinajstić information content (AvgIpc) is 2.49. The third-order valence-corrected chi connectivity index (χ3v) is 6.17. The van der Waals surface area contributed by atoms with Crippen LogP contribution in [0.5, 0.6) is 0 Å². The number of hydrogen-bond donors (Lipinski definition) is 1. The summed E-state index contributed by atoms with van der Waals surface area (Å²) in [7, 11) is 0. The van der Waals surface area contributed by atoms with E-state index in [2.05, 4.69) is 5.32 Å². The zero-order valence-electron chi connectivity index (χ0n) is 13.0. The number of nitrogens with one attached hydrogen (secondary N) is 1. The molecule has 1 N–H and O–H groups in total. The fourth-order valence-electron chi connectivity index (χ4n) is 3.52. The van der Waals surface area contributed by atoms with Crippen LogP contribution >= 0.6 is 11.8 Å². The van der Waals surface area contributed by atoms with Crippen LogP contribution in [0.3, 0.4) is 0 Å². The molecule has 1 saturated carbocycles. The molecule has 6 heteroatoms. The Hall–Kier alpha value is -1.04. The van der Waals surface area contributed by atoms with Gasteiger partial charge in [-0.1, -0.05) is 26.7 Å². The first kappa shape index (κ1) is 16.3. The number of rotatable bonds is 4. The van der Waals surface area contributed by atoms with E-state index in [9.17, 15) is 14.4 Å². The van der Waals surface area contributed by atoms with Gasteiger partial charge in [0.15, 0.2) is 0 Å². The Morgan fingerprint density at radius 2 is 1.81 bits per heavy atom. The highest BCUT2D eigenvalue weighted by molar-refractivity contribution is 7.99. The molecule has 118 valence electrons. The maximum absolute atomic E-state index is 12.9. The van der Waals surface area contributed by atoms with E-state index in [4.69, 9.17) is 0 Å². The molecule has 0 aromatic rings. The molecule has 1 saturated heterocycles. The van der Waals surface area contributed by atoms with E-state index in [-0.39, 0.29) is 17.2 Å². The molecule has 2 fully saturated rings. The summed E-state index contributed by atoms with van der Waals surface area (Å²) in [5.41, 5.74) is -1.08. The summed E-state index contributed by atoms with van der Waals surface area (Å²) >= 11 is 1.71. The third-order valence-electron chi connectivity index (χ3n) is 5.01. The van der Waals surface area contributed by atoms with Crippen LogP contribution in [0.2, 0.25) is 0 Å². The zero-order chi connectivity index (χ0) is 15.6. The summed E-state index contributed by atoms with van der Waals surface area (Å²) in [6.07, 6.45) is 6.89. The number of hydrogen-bond acceptors (Lipinski definition) is 4. The molecule has 0 spiro atoms. The van der Waals surface area contributed by atoms with Crippen LogP contribution in [-0.2, 0) is 9.59 Å². The van der Waals surface area contributed by atoms with Crippen molar-refractivity contribution in [3.63, 3.8) is 0 Å². The second-order valence-electron chi connectivity index (χ2n) is 5.85. The Morgan fingerprint density at radius 1 is 1.19 bits per heavy atom. The third kappa shape index (κ3) is 2.58. The van der Waals surface area contributed by atoms with Crippen LogP contribution in [0, 0.1) is 5.41 Å². The van der Waals surface area contributed by atoms with Crippen LogP contribution < -0.4 is 5.32 Å². The molecule has 0 radical (unpaired) electrons. The lowest BCUT2D eigenvalue weighted by atomic mass is 9.77. The minimum absolute atomic E-state index is 0.0909. The molecule has 0 bridgehead atoms. The zero-order valence-corrected chi connectivity index (χ0v) is 13.8. The molecule has 0 aromatic heterocycles. The highest BCUT2D eigenvalue weighted by Gasteiger charge is 2.54. The van der Waals surface area contributed by atoms with Gasteiger partial charge in [-0.2, -0.15) is 11.8 Å². The molecular formula is C15H24N2O3S. The van der Waals surface area contributed by atoms with Crippen LogP contribution in [0.15, 0.2) is 0 Å². The van der Waals surface area contributed by atoms with Crippen molar-refractivity contribution in [2.24, 2.45) is 5.41 Å². The van der Waals surface area contributed by atoms with Gasteiger partial charge in [-0.25, -0.2) is 4.79 Å². The minimum atomic E-state index is -1.08. The quantitative estimate of drug-likeness (QED) is 0.810. The first-order chi connectivity index (χ1) is 10.0. The van der Waals surface area contributed by atoms with E-state index >= 15 is 0 Å². The minimum Gasteiger partial charge on any atom is -0.277 e. The lowest BCUT2D eigenvalue weighted by Gasteiger charge is -2.45. The summed E-state index contributed by atoms with van der Waals surface area (Å²) in [5.74, 6) is -0.734. The van der Waals surface area contributed by atoms with E-state index in [0.29, 0.717) is 12.8 Å². The van der Waals surface area contributed by atoms with Crippen LogP contribution in [-0.4, -0.2) is 40.3 Å². The van der Waals surface area contributed by atoms with E-state index in [1.165, 1.54) is 4.90 Å². The van der Waals surface area contributed by atoms with Gasteiger partial charge in [0.25, 0.3) is 0 Å². The van der Waals surface area contributed by atoms with Crippen molar-refractivity contribution in [2.45, 2.75) is 63.7 Å². The smallest absolute Gasteiger partial charge is 0.277 e. The summed E-state index contributed by atoms with van der Waals surface area (Å²) in [6, 6.07) is -0.625. The number of carbonyl (C=O) groups excluding carboxylic acids is 3. The molecule has 2 aliphatic rings. The Kier molecular flexibility index (Phi) is 4.96. The van der Waals surface area contributed by atoms with Gasteiger partial charge in [-0.05, 0) is 31.9 Å². The fourth-order valence-corrected chi connectivity index (χ4v) is 4.49. The molecule has 5 nitrogen and oxygen atoms in total. The molecule has 2 rings (SSSR count). The molecule has 0 aromatic carbocycles. The van der Waals surface area contributed by atoms with Crippen LogP contribution in [0.25, 0.3) is 0 Å². The van der Waals surface area contributed by atoms with Crippen molar-refractivity contribution in [2.75, 3.05) is 6.26 Å². The van der Waals surface area contributed by atoms with Crippen molar-refractivity contribution in [3.05, 3.63) is 0 Å². The summed E-state index contributed by atoms with van der Waals surface area (Å²) < 4.78 is 0. The number of amides is 4. The molecule has 2 atom stereocenters. The number of imide groups is 2. The van der Waals surface area contributed by atoms with E-state index in [1.54, 1.807) is 11.8 Å². The van der Waals surface area contributed by atoms with Gasteiger partial charge in [-0.15, -0.1) is 0 Å². The summed E-state index contributed by atoms with van der Waals surface area (Å²) in [6.45, 7) is 3.67. The number of thioether (sulfide) groups is 1. The molecule has 2 unspecified atom stereocenters. The van der Waals surface area contributed by atoms with Gasteiger partial charge in [0.1, 0.15) is 5.41 Å². The second-order valence-corrected chi connectivity index (χ2v) is 6.93. The number of nitrogens with zero attached hydrogens (tertiary/aromatic N) is 1. The average molecular weight is 312 g/mol. The first-order valence-electron chi connectivity index (χ1n) is 7.73. The second kappa shape index (κ2) is 6.38. The highest BCUT2D eigenvalue weighted by atomic mass is 32.2. The van der Waals surface area contributed by atoms with Crippen molar-refractivity contribution in [1.29, 1.82) is 0 Å². The van der Waals surface area contributed by atoms with Crippen molar-refractivity contribution >= 4 is 29.6 Å². The first-order valence-corrected chi connectivity index (χ1v) is 9.02. The van der Waals surface area contributed by atoms with Gasteiger partial charge in [0.2, 0.25) is 11.8 Å². The predicted octanol–water partition coefficient (Wildman–Crippen LogP) is 2.55. The standard InChI is InChI=1S/C15H24N2O3S/c1-4-15(5-2)12(18)16-14(20)17(13(15)19)10-8-6-7-9-11(10)21-3/h10-11H,4-9H2,1-3H3,(H,16,18,20). The van der Waals surface area contributed by atoms with Crippen molar-refractivity contribution in [1.82, 2.24) is 10.2 Å². The molecule has 1 heterocycles. The number of barbiturate groups is 1. The van der Waals surface area contributed by atoms with Gasteiger partial charge < -0.3 is 0 Å². The van der Waals surface area contributed by atoms with Gasteiger partial charge in [0.05, 0.1) is 6.04 Å². The van der Waals surface area contributed by atoms with E-state index in [1.807, 2.05) is 20.1 Å². The predicted molar refractivity (Wildman–Crippen MR) is 83.0 cm³/mol. The van der Waals surface area contributed by atoms with Gasteiger partial charge in [-0.3, -0.25) is 19.8 Å². The van der Waals surface area contributed by atoms with Gasteiger partial charge in [0, 0.05) is 5.25 Å². The number of carbonyl (C=O) groups is 3. The largest absolute Gasteiger partial charge is 0.331 e. The Bertz CT molecular complexity index is 448. The maximum Gasteiger partial charge on any atom is 0.331 e. The van der Waals surface area contributed by atoms with Crippen LogP contribution in [0.4, 0.5) is 4.79 Å². The van der Waals surface area contributed by atoms with E-state index in [0.717, 1.165) is 25.7 Å². The normalized spacial score (nSPS) is 29.5. The van der Waals surface area contributed by atoms with Crippen LogP contribution in [0.1, 0.15) is 52.4 Å². The van der Waals surface area contributed by atoms with Gasteiger partial charge >= 0.3 is 6.03 Å². The molecule has 1 aliphatic heterocycles. The topological polar surface area (TPSA) is 66.5 Å². The fraction of sp³-hybridized carbons (Fsp3) is 0.800. The molecule has 4 amide bonds. The Labute approximate surface area is 130 Å². The SMILES string of the molecule is CCC1(CC)C(=O)NC(=O)N(C2CCCCC2SC)C1=O. The Balaban J connectivity index is 2.35. The lowest BCUT2D eigenvalue weighted by Crippen LogP contribution is -2.67. The molecule has 1 aliphatic carbocycles. The lowest BCUT2D eigenvalue weighted by molar-refractivity contribution is -0.154. The summed E-state index contributed by atoms with van der Waals surface area (Å²) in [4.78, 5) is 38.7. The number of urea groups is 1. The Morgan fingerprint density at radius 3 is 2.38 bits per heavy atom. The highest BCUT2D eigenvalue weighted by Crippen LogP contribution is 2.38. The molecular weight excluding hydrogens is 288 g/mol. The molecule has 21 heavy (non-hydrogen) atoms. The van der Waals surface area contributed by atoms with Crippen molar-refractivity contribution < 1.29 is 14.4 Å². The maximum atomic E-state index is 12.9. The van der Waals surface area contributed by atoms with E-state index < -0.39 is 17.4 Å².